The largest absolute Gasteiger partial charge is 0.487 e. The van der Waals surface area contributed by atoms with E-state index in [0.29, 0.717) is 35.1 Å². The van der Waals surface area contributed by atoms with Gasteiger partial charge in [0.1, 0.15) is 24.3 Å². The van der Waals surface area contributed by atoms with Gasteiger partial charge in [0.25, 0.3) is 0 Å². The number of sulfone groups is 1. The summed E-state index contributed by atoms with van der Waals surface area (Å²) in [7, 11) is -3.13. The van der Waals surface area contributed by atoms with Gasteiger partial charge in [-0.1, -0.05) is 29.5 Å². The van der Waals surface area contributed by atoms with Gasteiger partial charge in [0.2, 0.25) is 5.89 Å². The highest BCUT2D eigenvalue weighted by atomic mass is 32.2. The molecule has 0 aliphatic heterocycles. The second-order valence-electron chi connectivity index (χ2n) is 9.06. The molecule has 0 bridgehead atoms. The number of oxazole rings is 1. The smallest absolute Gasteiger partial charge is 0.416 e. The van der Waals surface area contributed by atoms with E-state index < -0.39 is 21.6 Å². The van der Waals surface area contributed by atoms with Crippen LogP contribution in [0.5, 0.6) is 5.75 Å². The van der Waals surface area contributed by atoms with Crippen molar-refractivity contribution in [3.05, 3.63) is 95.0 Å². The lowest BCUT2D eigenvalue weighted by Gasteiger charge is -2.06. The van der Waals surface area contributed by atoms with Crippen molar-refractivity contribution in [2.45, 2.75) is 44.3 Å². The van der Waals surface area contributed by atoms with Crippen molar-refractivity contribution in [3.8, 4) is 5.75 Å². The summed E-state index contributed by atoms with van der Waals surface area (Å²) in [4.78, 5) is 4.31. The summed E-state index contributed by atoms with van der Waals surface area (Å²) in [6, 6.07) is 12.6. The first-order valence-electron chi connectivity index (χ1n) is 12.1. The summed E-state index contributed by atoms with van der Waals surface area (Å²) in [5.74, 6) is 0.897. The second kappa shape index (κ2) is 12.3. The Hall–Kier alpha value is -3.93. The predicted octanol–water partition coefficient (Wildman–Crippen LogP) is 5.60. The van der Waals surface area contributed by atoms with Crippen molar-refractivity contribution in [2.75, 3.05) is 6.26 Å². The molecule has 12 heteroatoms. The monoisotopic (exact) mass is 560 g/mol. The van der Waals surface area contributed by atoms with E-state index in [0.717, 1.165) is 37.0 Å². The van der Waals surface area contributed by atoms with Crippen LogP contribution in [0.1, 0.15) is 46.8 Å². The Morgan fingerprint density at radius 1 is 1.00 bits per heavy atom. The van der Waals surface area contributed by atoms with E-state index >= 15 is 0 Å². The maximum atomic E-state index is 12.7. The number of hydrogen-bond acceptors (Lipinski definition) is 7. The molecule has 0 unspecified atom stereocenters. The topological polar surface area (TPSA) is 100 Å². The average Bonchev–Trinajstić information content (AvgIpc) is 3.53. The SMILES string of the molecule is CS(=O)(=O)Cc1cn(CCCCc2ccc(OCc3coc(/C=C/c4ccc(C(F)(F)F)cc4)n3)cc2)nn1. The predicted molar refractivity (Wildman–Crippen MR) is 139 cm³/mol. The van der Waals surface area contributed by atoms with Crippen LogP contribution < -0.4 is 4.74 Å². The highest BCUT2D eigenvalue weighted by Gasteiger charge is 2.29. The number of aromatic nitrogens is 4. The van der Waals surface area contributed by atoms with Crippen LogP contribution in [-0.2, 0) is 41.3 Å². The minimum atomic E-state index is -4.37. The number of alkyl halides is 3. The third kappa shape index (κ3) is 9.10. The van der Waals surface area contributed by atoms with Crippen LogP contribution in [0.3, 0.4) is 0 Å². The van der Waals surface area contributed by atoms with E-state index in [-0.39, 0.29) is 12.4 Å². The highest BCUT2D eigenvalue weighted by Crippen LogP contribution is 2.29. The quantitative estimate of drug-likeness (QED) is 0.208. The first kappa shape index (κ1) is 28.1. The zero-order valence-electron chi connectivity index (χ0n) is 21.1. The van der Waals surface area contributed by atoms with Crippen molar-refractivity contribution < 1.29 is 30.7 Å². The van der Waals surface area contributed by atoms with E-state index in [1.54, 1.807) is 23.0 Å². The van der Waals surface area contributed by atoms with Crippen molar-refractivity contribution >= 4 is 22.0 Å². The molecule has 0 fully saturated rings. The lowest BCUT2D eigenvalue weighted by molar-refractivity contribution is -0.137. The molecule has 4 aromatic rings. The van der Waals surface area contributed by atoms with Gasteiger partial charge < -0.3 is 9.15 Å². The maximum Gasteiger partial charge on any atom is 0.416 e. The van der Waals surface area contributed by atoms with Gasteiger partial charge in [0, 0.05) is 25.1 Å². The number of benzene rings is 2. The molecule has 0 atom stereocenters. The second-order valence-corrected chi connectivity index (χ2v) is 11.2. The van der Waals surface area contributed by atoms with Gasteiger partial charge in [-0.25, -0.2) is 13.4 Å². The Bertz CT molecular complexity index is 1490. The molecule has 0 amide bonds. The summed E-state index contributed by atoms with van der Waals surface area (Å²) in [6.45, 7) is 0.868. The van der Waals surface area contributed by atoms with Crippen LogP contribution in [0.2, 0.25) is 0 Å². The van der Waals surface area contributed by atoms with E-state index in [1.807, 2.05) is 24.3 Å². The Balaban J connectivity index is 1.18. The number of halogens is 3. The van der Waals surface area contributed by atoms with Crippen molar-refractivity contribution in [2.24, 2.45) is 0 Å². The molecule has 2 heterocycles. The van der Waals surface area contributed by atoms with Crippen LogP contribution in [0.25, 0.3) is 12.2 Å². The first-order valence-corrected chi connectivity index (χ1v) is 14.2. The van der Waals surface area contributed by atoms with Crippen LogP contribution in [0.4, 0.5) is 13.2 Å². The fourth-order valence-corrected chi connectivity index (χ4v) is 4.38. The van der Waals surface area contributed by atoms with Gasteiger partial charge in [-0.15, -0.1) is 5.10 Å². The number of rotatable bonds is 12. The molecule has 0 spiro atoms. The lowest BCUT2D eigenvalue weighted by atomic mass is 10.1. The van der Waals surface area contributed by atoms with Crippen molar-refractivity contribution in [1.82, 2.24) is 20.0 Å². The molecular weight excluding hydrogens is 533 g/mol. The maximum absolute atomic E-state index is 12.7. The molecule has 206 valence electrons. The zero-order chi connectivity index (χ0) is 27.9. The number of ether oxygens (including phenoxy) is 1. The molecule has 2 aromatic carbocycles. The normalized spacial score (nSPS) is 12.3. The highest BCUT2D eigenvalue weighted by molar-refractivity contribution is 7.89. The van der Waals surface area contributed by atoms with Gasteiger partial charge >= 0.3 is 6.18 Å². The van der Waals surface area contributed by atoms with Crippen molar-refractivity contribution in [3.63, 3.8) is 0 Å². The number of nitrogens with zero attached hydrogens (tertiary/aromatic N) is 4. The molecule has 4 rings (SSSR count). The third-order valence-corrected chi connectivity index (χ3v) is 6.45. The molecule has 0 saturated heterocycles. The molecule has 39 heavy (non-hydrogen) atoms. The molecule has 8 nitrogen and oxygen atoms in total. The van der Waals surface area contributed by atoms with Crippen LogP contribution in [0.15, 0.2) is 65.4 Å². The van der Waals surface area contributed by atoms with Crippen molar-refractivity contribution in [1.29, 1.82) is 0 Å². The number of aryl methyl sites for hydroxylation is 2. The Morgan fingerprint density at radius 3 is 2.44 bits per heavy atom. The number of hydrogen-bond donors (Lipinski definition) is 0. The molecule has 0 aliphatic carbocycles. The van der Waals surface area contributed by atoms with Gasteiger partial charge in [-0.05, 0) is 60.7 Å². The summed E-state index contributed by atoms with van der Waals surface area (Å²) >= 11 is 0. The Morgan fingerprint density at radius 2 is 1.74 bits per heavy atom. The van der Waals surface area contributed by atoms with E-state index in [1.165, 1.54) is 24.7 Å². The van der Waals surface area contributed by atoms with Gasteiger partial charge in [0.05, 0.1) is 17.0 Å². The molecule has 0 saturated carbocycles. The van der Waals surface area contributed by atoms with Gasteiger partial charge in [0.15, 0.2) is 9.84 Å². The molecule has 0 radical (unpaired) electrons. The minimum Gasteiger partial charge on any atom is -0.487 e. The Kier molecular flexibility index (Phi) is 8.85. The van der Waals surface area contributed by atoms with Gasteiger partial charge in [-0.2, -0.15) is 13.2 Å². The summed E-state index contributed by atoms with van der Waals surface area (Å²) < 4.78 is 73.5. The summed E-state index contributed by atoms with van der Waals surface area (Å²) in [6.07, 6.45) is 5.84. The zero-order valence-corrected chi connectivity index (χ0v) is 22.0. The summed E-state index contributed by atoms with van der Waals surface area (Å²) in [5, 5.41) is 7.87. The average molecular weight is 561 g/mol. The van der Waals surface area contributed by atoms with Gasteiger partial charge in [-0.3, -0.25) is 4.68 Å². The fraction of sp³-hybridized carbons (Fsp3) is 0.296. The van der Waals surface area contributed by atoms with Crippen LogP contribution in [-0.4, -0.2) is 34.7 Å². The van der Waals surface area contributed by atoms with E-state index in [9.17, 15) is 21.6 Å². The fourth-order valence-electron chi connectivity index (χ4n) is 3.71. The van der Waals surface area contributed by atoms with E-state index in [2.05, 4.69) is 15.3 Å². The molecule has 0 N–H and O–H groups in total. The molecule has 0 aliphatic rings. The first-order chi connectivity index (χ1) is 18.5. The standard InChI is InChI=1S/C27H27F3N4O4S/c1-39(35,36)19-23-16-34(33-32-23)15-3-2-4-20-7-12-25(13-8-20)37-17-24-18-38-26(31-24)14-9-21-5-10-22(11-6-21)27(28,29)30/h5-14,16,18H,2-4,15,17,19H2,1H3/b14-9+. The van der Waals surface area contributed by atoms with Crippen LogP contribution >= 0.6 is 0 Å². The van der Waals surface area contributed by atoms with E-state index in [4.69, 9.17) is 9.15 Å². The summed E-state index contributed by atoms with van der Waals surface area (Å²) in [5.41, 5.74) is 2.09. The van der Waals surface area contributed by atoms with Crippen LogP contribution in [0, 0.1) is 0 Å². The minimum absolute atomic E-state index is 0.109. The number of unbranched alkanes of at least 4 members (excludes halogenated alkanes) is 1. The Labute approximate surface area is 224 Å². The molecule has 2 aromatic heterocycles. The lowest BCUT2D eigenvalue weighted by Crippen LogP contribution is -2.03. The third-order valence-electron chi connectivity index (χ3n) is 5.63. The molecular formula is C27H27F3N4O4S.